The molecule has 0 fully saturated rings. The Kier molecular flexibility index (Phi) is 4.78. The smallest absolute Gasteiger partial charge is 0.269 e. The minimum atomic E-state index is -0.447. The van der Waals surface area contributed by atoms with E-state index in [4.69, 9.17) is 4.42 Å². The highest BCUT2D eigenvalue weighted by Gasteiger charge is 2.09. The molecule has 2 aromatic carbocycles. The molecule has 3 rings (SSSR count). The van der Waals surface area contributed by atoms with Crippen LogP contribution in [0.3, 0.4) is 0 Å². The average Bonchev–Trinajstić information content (AvgIpc) is 3.09. The number of benzene rings is 2. The number of nitrogens with zero attached hydrogens (tertiary/aromatic N) is 2. The summed E-state index contributed by atoms with van der Waals surface area (Å²) in [6.07, 6.45) is 1.66. The van der Waals surface area contributed by atoms with Crippen LogP contribution in [-0.4, -0.2) is 4.92 Å². The zero-order valence-electron chi connectivity index (χ0n) is 12.8. The van der Waals surface area contributed by atoms with Gasteiger partial charge in [-0.05, 0) is 48.0 Å². The Morgan fingerprint density at radius 2 is 1.76 bits per heavy atom. The number of hydrogen-bond donors (Lipinski definition) is 0. The normalized spacial score (nSPS) is 11.1. The van der Waals surface area contributed by atoms with Crippen molar-refractivity contribution < 1.29 is 9.34 Å². The number of halogens is 1. The van der Waals surface area contributed by atoms with Crippen molar-refractivity contribution in [2.45, 2.75) is 0 Å². The van der Waals surface area contributed by atoms with Crippen molar-refractivity contribution in [3.05, 3.63) is 86.6 Å². The molecule has 25 heavy (non-hydrogen) atoms. The second-order valence-corrected chi connectivity index (χ2v) is 6.10. The van der Waals surface area contributed by atoms with Gasteiger partial charge in [-0.2, -0.15) is 5.26 Å². The van der Waals surface area contributed by atoms with Gasteiger partial charge in [0.05, 0.1) is 16.6 Å². The number of allylic oxidation sites excluding steroid dienone is 1. The standard InChI is InChI=1S/C19H11BrN2O3/c20-16-5-1-13(2-6-16)15(12-21)11-18-9-10-19(25-18)14-3-7-17(8-4-14)22(23)24/h1-11H. The summed E-state index contributed by atoms with van der Waals surface area (Å²) >= 11 is 3.36. The molecular formula is C19H11BrN2O3. The van der Waals surface area contributed by atoms with Gasteiger partial charge in [0.1, 0.15) is 11.5 Å². The Balaban J connectivity index is 1.88. The van der Waals surface area contributed by atoms with E-state index >= 15 is 0 Å². The fraction of sp³-hybridized carbons (Fsp3) is 0. The van der Waals surface area contributed by atoms with Gasteiger partial charge < -0.3 is 4.42 Å². The maximum absolute atomic E-state index is 10.7. The van der Waals surface area contributed by atoms with Gasteiger partial charge in [-0.15, -0.1) is 0 Å². The molecule has 0 unspecified atom stereocenters. The summed E-state index contributed by atoms with van der Waals surface area (Å²) in [7, 11) is 0. The first-order valence-electron chi connectivity index (χ1n) is 7.29. The number of nitriles is 1. The molecule has 0 N–H and O–H groups in total. The minimum Gasteiger partial charge on any atom is -0.457 e. The molecule has 0 aliphatic rings. The van der Waals surface area contributed by atoms with Crippen LogP contribution in [0.1, 0.15) is 11.3 Å². The van der Waals surface area contributed by atoms with E-state index in [1.807, 2.05) is 24.3 Å². The fourth-order valence-corrected chi connectivity index (χ4v) is 2.55. The zero-order chi connectivity index (χ0) is 17.8. The van der Waals surface area contributed by atoms with E-state index in [-0.39, 0.29) is 5.69 Å². The number of rotatable bonds is 4. The highest BCUT2D eigenvalue weighted by Crippen LogP contribution is 2.27. The van der Waals surface area contributed by atoms with Gasteiger partial charge in [-0.3, -0.25) is 10.1 Å². The van der Waals surface area contributed by atoms with E-state index in [9.17, 15) is 15.4 Å². The first-order valence-corrected chi connectivity index (χ1v) is 8.08. The molecule has 0 spiro atoms. The maximum atomic E-state index is 10.7. The Labute approximate surface area is 152 Å². The molecule has 122 valence electrons. The molecule has 0 bridgehead atoms. The lowest BCUT2D eigenvalue weighted by Crippen LogP contribution is -1.86. The van der Waals surface area contributed by atoms with E-state index in [1.54, 1.807) is 30.3 Å². The summed E-state index contributed by atoms with van der Waals surface area (Å²) in [5, 5.41) is 20.1. The van der Waals surface area contributed by atoms with Crippen molar-refractivity contribution in [3.63, 3.8) is 0 Å². The lowest BCUT2D eigenvalue weighted by atomic mass is 10.1. The third-order valence-corrected chi connectivity index (χ3v) is 4.08. The molecule has 3 aromatic rings. The van der Waals surface area contributed by atoms with Crippen LogP contribution in [0.5, 0.6) is 0 Å². The highest BCUT2D eigenvalue weighted by molar-refractivity contribution is 9.10. The molecule has 0 saturated heterocycles. The highest BCUT2D eigenvalue weighted by atomic mass is 79.9. The summed E-state index contributed by atoms with van der Waals surface area (Å²) in [6.45, 7) is 0. The first kappa shape index (κ1) is 16.7. The van der Waals surface area contributed by atoms with Gasteiger partial charge >= 0.3 is 0 Å². The summed E-state index contributed by atoms with van der Waals surface area (Å²) in [4.78, 5) is 10.3. The van der Waals surface area contributed by atoms with Crippen molar-refractivity contribution in [1.29, 1.82) is 5.26 Å². The second-order valence-electron chi connectivity index (χ2n) is 5.18. The number of non-ortho nitro benzene ring substituents is 1. The van der Waals surface area contributed by atoms with Crippen LogP contribution in [-0.2, 0) is 0 Å². The Hall–Kier alpha value is -3.17. The Bertz CT molecular complexity index is 981. The number of furan rings is 1. The molecule has 0 atom stereocenters. The summed E-state index contributed by atoms with van der Waals surface area (Å²) < 4.78 is 6.68. The quantitative estimate of drug-likeness (QED) is 0.323. The average molecular weight is 395 g/mol. The SMILES string of the molecule is N#CC(=Cc1ccc(-c2ccc([N+](=O)[O-])cc2)o1)c1ccc(Br)cc1. The summed E-state index contributed by atoms with van der Waals surface area (Å²) in [5.74, 6) is 1.11. The van der Waals surface area contributed by atoms with E-state index in [0.717, 1.165) is 15.6 Å². The van der Waals surface area contributed by atoms with Gasteiger partial charge in [0.15, 0.2) is 0 Å². The van der Waals surface area contributed by atoms with E-state index in [0.29, 0.717) is 17.1 Å². The third-order valence-electron chi connectivity index (χ3n) is 3.55. The maximum Gasteiger partial charge on any atom is 0.269 e. The van der Waals surface area contributed by atoms with Gasteiger partial charge in [0.2, 0.25) is 0 Å². The number of nitro benzene ring substituents is 1. The molecule has 0 aliphatic heterocycles. The molecule has 0 radical (unpaired) electrons. The Morgan fingerprint density at radius 1 is 1.08 bits per heavy atom. The van der Waals surface area contributed by atoms with Gasteiger partial charge in [-0.1, -0.05) is 28.1 Å². The van der Waals surface area contributed by atoms with E-state index < -0.39 is 4.92 Å². The van der Waals surface area contributed by atoms with Crippen molar-refractivity contribution in [1.82, 2.24) is 0 Å². The zero-order valence-corrected chi connectivity index (χ0v) is 14.4. The molecule has 6 heteroatoms. The van der Waals surface area contributed by atoms with Gasteiger partial charge in [-0.25, -0.2) is 0 Å². The predicted octanol–water partition coefficient (Wildman–Crippen LogP) is 5.68. The van der Waals surface area contributed by atoms with Crippen LogP contribution in [0.15, 0.2) is 69.6 Å². The molecule has 0 amide bonds. The summed E-state index contributed by atoms with van der Waals surface area (Å²) in [6, 6.07) is 19.2. The third kappa shape index (κ3) is 3.84. The van der Waals surface area contributed by atoms with Crippen LogP contribution >= 0.6 is 15.9 Å². The van der Waals surface area contributed by atoms with Crippen LogP contribution in [0.4, 0.5) is 5.69 Å². The van der Waals surface area contributed by atoms with Crippen LogP contribution < -0.4 is 0 Å². The number of hydrogen-bond acceptors (Lipinski definition) is 4. The minimum absolute atomic E-state index is 0.0254. The topological polar surface area (TPSA) is 80.1 Å². The summed E-state index contributed by atoms with van der Waals surface area (Å²) in [5.41, 5.74) is 2.03. The molecule has 0 aliphatic carbocycles. The van der Waals surface area contributed by atoms with Gasteiger partial charge in [0.25, 0.3) is 5.69 Å². The van der Waals surface area contributed by atoms with Crippen molar-refractivity contribution in [2.24, 2.45) is 0 Å². The molecule has 0 saturated carbocycles. The van der Waals surface area contributed by atoms with Crippen LogP contribution in [0.2, 0.25) is 0 Å². The molecule has 5 nitrogen and oxygen atoms in total. The monoisotopic (exact) mass is 394 g/mol. The van der Waals surface area contributed by atoms with E-state index in [1.165, 1.54) is 12.1 Å². The molecule has 1 aromatic heterocycles. The predicted molar refractivity (Wildman–Crippen MR) is 98.4 cm³/mol. The van der Waals surface area contributed by atoms with Crippen LogP contribution in [0.25, 0.3) is 23.0 Å². The first-order chi connectivity index (χ1) is 12.1. The fourth-order valence-electron chi connectivity index (χ4n) is 2.28. The molecule has 1 heterocycles. The van der Waals surface area contributed by atoms with Crippen molar-refractivity contribution in [3.8, 4) is 17.4 Å². The van der Waals surface area contributed by atoms with Crippen molar-refractivity contribution >= 4 is 33.3 Å². The molecular weight excluding hydrogens is 384 g/mol. The van der Waals surface area contributed by atoms with Crippen molar-refractivity contribution in [2.75, 3.05) is 0 Å². The second kappa shape index (κ2) is 7.16. The van der Waals surface area contributed by atoms with E-state index in [2.05, 4.69) is 22.0 Å². The van der Waals surface area contributed by atoms with Gasteiger partial charge in [0, 0.05) is 22.2 Å². The van der Waals surface area contributed by atoms with Crippen LogP contribution in [0, 0.1) is 21.4 Å². The lowest BCUT2D eigenvalue weighted by molar-refractivity contribution is -0.384. The number of nitro groups is 1. The Morgan fingerprint density at radius 3 is 2.36 bits per heavy atom. The lowest BCUT2D eigenvalue weighted by Gasteiger charge is -1.99. The largest absolute Gasteiger partial charge is 0.457 e.